The van der Waals surface area contributed by atoms with Gasteiger partial charge in [-0.1, -0.05) is 220 Å². The predicted molar refractivity (Wildman–Crippen MR) is 285 cm³/mol. The van der Waals surface area contributed by atoms with Gasteiger partial charge in [0.15, 0.2) is 6.29 Å². The van der Waals surface area contributed by atoms with Crippen LogP contribution in [-0.2, 0) is 14.3 Å². The predicted octanol–water partition coefficient (Wildman–Crippen LogP) is 13.2. The third-order valence-corrected chi connectivity index (χ3v) is 12.4. The number of ether oxygens (including phenoxy) is 2. The summed E-state index contributed by atoms with van der Waals surface area (Å²) in [5.74, 6) is -0.195. The molecule has 1 fully saturated rings. The third-order valence-electron chi connectivity index (χ3n) is 12.4. The molecule has 1 heterocycles. The average molecular weight is 952 g/mol. The largest absolute Gasteiger partial charge is 0.394 e. The van der Waals surface area contributed by atoms with Crippen LogP contribution in [0.2, 0.25) is 0 Å². The van der Waals surface area contributed by atoms with E-state index in [9.17, 15) is 30.3 Å². The average Bonchev–Trinajstić information content (AvgIpc) is 3.34. The van der Waals surface area contributed by atoms with Crippen molar-refractivity contribution in [2.75, 3.05) is 13.2 Å². The Bertz CT molecular complexity index is 1380. The second-order valence-electron chi connectivity index (χ2n) is 18.6. The monoisotopic (exact) mass is 952 g/mol. The highest BCUT2D eigenvalue weighted by Gasteiger charge is 2.44. The fourth-order valence-electron chi connectivity index (χ4n) is 8.02. The van der Waals surface area contributed by atoms with Crippen LogP contribution in [0, 0.1) is 0 Å². The van der Waals surface area contributed by atoms with Gasteiger partial charge in [-0.25, -0.2) is 0 Å². The summed E-state index contributed by atoms with van der Waals surface area (Å²) in [6, 6.07) is -0.831. The van der Waals surface area contributed by atoms with E-state index in [1.807, 2.05) is 6.08 Å². The Kier molecular flexibility index (Phi) is 44.3. The van der Waals surface area contributed by atoms with Crippen molar-refractivity contribution in [1.29, 1.82) is 0 Å². The number of allylic oxidation sites excluding steroid dienone is 15. The van der Waals surface area contributed by atoms with Crippen molar-refractivity contribution < 1.29 is 39.8 Å². The molecule has 68 heavy (non-hydrogen) atoms. The molecule has 0 aromatic carbocycles. The summed E-state index contributed by atoms with van der Waals surface area (Å²) in [6.07, 6.45) is 62.0. The molecule has 1 rings (SSSR count). The van der Waals surface area contributed by atoms with Crippen LogP contribution in [0.1, 0.15) is 213 Å². The van der Waals surface area contributed by atoms with Gasteiger partial charge in [-0.15, -0.1) is 0 Å². The number of nitrogens with one attached hydrogen (secondary N) is 1. The zero-order chi connectivity index (χ0) is 49.4. The summed E-state index contributed by atoms with van der Waals surface area (Å²) in [7, 11) is 0. The normalized spacial score (nSPS) is 20.4. The molecule has 0 bridgehead atoms. The molecule has 0 aliphatic carbocycles. The number of aliphatic hydroxyl groups excluding tert-OH is 5. The van der Waals surface area contributed by atoms with Gasteiger partial charge in [0.25, 0.3) is 0 Å². The first-order valence-corrected chi connectivity index (χ1v) is 27.5. The molecule has 1 aliphatic heterocycles. The number of carbonyl (C=O) groups excluding carboxylic acids is 1. The second-order valence-corrected chi connectivity index (χ2v) is 18.6. The van der Waals surface area contributed by atoms with E-state index in [-0.39, 0.29) is 12.5 Å². The van der Waals surface area contributed by atoms with Crippen LogP contribution in [-0.4, -0.2) is 87.5 Å². The van der Waals surface area contributed by atoms with Crippen LogP contribution in [0.3, 0.4) is 0 Å². The molecule has 9 heteroatoms. The zero-order valence-electron chi connectivity index (χ0n) is 43.1. The van der Waals surface area contributed by atoms with Gasteiger partial charge in [-0.2, -0.15) is 0 Å². The lowest BCUT2D eigenvalue weighted by Gasteiger charge is -2.40. The molecule has 1 amide bonds. The van der Waals surface area contributed by atoms with E-state index in [0.29, 0.717) is 6.42 Å². The molecule has 6 N–H and O–H groups in total. The number of amides is 1. The van der Waals surface area contributed by atoms with E-state index < -0.39 is 49.5 Å². The second kappa shape index (κ2) is 47.8. The molecule has 0 aromatic heterocycles. The number of carbonyl (C=O) groups is 1. The van der Waals surface area contributed by atoms with Crippen molar-refractivity contribution in [3.63, 3.8) is 0 Å². The first-order chi connectivity index (χ1) is 33.3. The maximum absolute atomic E-state index is 13.0. The van der Waals surface area contributed by atoms with Gasteiger partial charge in [0.2, 0.25) is 5.91 Å². The minimum atomic E-state index is -1.58. The Morgan fingerprint density at radius 1 is 0.515 bits per heavy atom. The summed E-state index contributed by atoms with van der Waals surface area (Å²) in [5.41, 5.74) is 0. The van der Waals surface area contributed by atoms with Gasteiger partial charge < -0.3 is 40.3 Å². The van der Waals surface area contributed by atoms with E-state index in [4.69, 9.17) is 9.47 Å². The molecular weight excluding hydrogens is 851 g/mol. The van der Waals surface area contributed by atoms with Gasteiger partial charge in [0.1, 0.15) is 24.4 Å². The molecule has 1 aliphatic rings. The topological polar surface area (TPSA) is 149 Å². The Labute approximate surface area is 415 Å². The smallest absolute Gasteiger partial charge is 0.220 e. The lowest BCUT2D eigenvalue weighted by molar-refractivity contribution is -0.302. The molecular formula is C59H101NO8. The fourth-order valence-corrected chi connectivity index (χ4v) is 8.02. The molecule has 7 unspecified atom stereocenters. The van der Waals surface area contributed by atoms with Crippen LogP contribution in [0.5, 0.6) is 0 Å². The van der Waals surface area contributed by atoms with Crippen LogP contribution < -0.4 is 5.32 Å². The third kappa shape index (κ3) is 37.0. The number of rotatable bonds is 45. The Morgan fingerprint density at radius 2 is 0.926 bits per heavy atom. The highest BCUT2D eigenvalue weighted by atomic mass is 16.7. The summed E-state index contributed by atoms with van der Waals surface area (Å²) in [4.78, 5) is 13.0. The van der Waals surface area contributed by atoms with Crippen molar-refractivity contribution in [2.24, 2.45) is 0 Å². The van der Waals surface area contributed by atoms with Crippen molar-refractivity contribution in [3.05, 3.63) is 97.2 Å². The highest BCUT2D eigenvalue weighted by molar-refractivity contribution is 5.76. The zero-order valence-corrected chi connectivity index (χ0v) is 43.1. The lowest BCUT2D eigenvalue weighted by atomic mass is 9.99. The van der Waals surface area contributed by atoms with Crippen LogP contribution >= 0.6 is 0 Å². The molecule has 7 atom stereocenters. The number of hydrogen-bond donors (Lipinski definition) is 6. The Balaban J connectivity index is 2.14. The van der Waals surface area contributed by atoms with Crippen molar-refractivity contribution in [3.8, 4) is 0 Å². The number of hydrogen-bond acceptors (Lipinski definition) is 8. The summed E-state index contributed by atoms with van der Waals surface area (Å²) in [5, 5.41) is 54.3. The van der Waals surface area contributed by atoms with E-state index >= 15 is 0 Å². The summed E-state index contributed by atoms with van der Waals surface area (Å²) in [6.45, 7) is 3.58. The minimum absolute atomic E-state index is 0.195. The van der Waals surface area contributed by atoms with Crippen molar-refractivity contribution >= 4 is 5.91 Å². The number of unbranched alkanes of at least 4 members (excludes halogenated alkanes) is 21. The van der Waals surface area contributed by atoms with Crippen LogP contribution in [0.15, 0.2) is 97.2 Å². The lowest BCUT2D eigenvalue weighted by Crippen LogP contribution is -2.60. The molecule has 0 spiro atoms. The Morgan fingerprint density at radius 3 is 1.41 bits per heavy atom. The van der Waals surface area contributed by atoms with Crippen molar-refractivity contribution in [1.82, 2.24) is 5.32 Å². The number of aliphatic hydroxyl groups is 5. The minimum Gasteiger partial charge on any atom is -0.394 e. The van der Waals surface area contributed by atoms with E-state index in [1.54, 1.807) is 6.08 Å². The van der Waals surface area contributed by atoms with Crippen LogP contribution in [0.4, 0.5) is 0 Å². The molecule has 9 nitrogen and oxygen atoms in total. The van der Waals surface area contributed by atoms with Gasteiger partial charge in [0.05, 0.1) is 25.4 Å². The SMILES string of the molecule is CC/C=C\C/C=C\C/C=C\C/C=C\C/C=C\CCCCCCCCCCCCCCCCCCCC(=O)NC(COC1OC(CO)C(O)C(O)C1O)C(O)/C=C/CC/C=C/CC/C=C/CCCC. The molecule has 0 radical (unpaired) electrons. The summed E-state index contributed by atoms with van der Waals surface area (Å²) >= 11 is 0. The van der Waals surface area contributed by atoms with E-state index in [2.05, 4.69) is 104 Å². The molecule has 0 aromatic rings. The first-order valence-electron chi connectivity index (χ1n) is 27.5. The highest BCUT2D eigenvalue weighted by Crippen LogP contribution is 2.23. The fraction of sp³-hybridized carbons (Fsp3) is 0.712. The van der Waals surface area contributed by atoms with Gasteiger partial charge >= 0.3 is 0 Å². The van der Waals surface area contributed by atoms with Crippen molar-refractivity contribution in [2.45, 2.75) is 256 Å². The maximum Gasteiger partial charge on any atom is 0.220 e. The molecule has 1 saturated heterocycles. The van der Waals surface area contributed by atoms with Gasteiger partial charge in [-0.05, 0) is 83.5 Å². The summed E-state index contributed by atoms with van der Waals surface area (Å²) < 4.78 is 11.2. The quantitative estimate of drug-likeness (QED) is 0.0261. The van der Waals surface area contributed by atoms with Gasteiger partial charge in [-0.3, -0.25) is 4.79 Å². The van der Waals surface area contributed by atoms with E-state index in [1.165, 1.54) is 109 Å². The molecule has 0 saturated carbocycles. The van der Waals surface area contributed by atoms with Gasteiger partial charge in [0, 0.05) is 6.42 Å². The first kappa shape index (κ1) is 63.1. The Hall–Kier alpha value is -2.89. The maximum atomic E-state index is 13.0. The van der Waals surface area contributed by atoms with E-state index in [0.717, 1.165) is 83.5 Å². The van der Waals surface area contributed by atoms with Crippen LogP contribution in [0.25, 0.3) is 0 Å². The standard InChI is InChI=1S/C59H101NO8/c1-3-5-7-9-11-13-15-17-18-19-20-21-22-23-24-25-26-27-28-29-30-31-32-33-34-35-36-37-39-41-43-45-47-49-55(63)60-52(51-67-59-58(66)57(65)56(64)54(50-61)68-59)53(62)48-46-44-42-40-38-16-14-12-10-8-6-4-2/h5,7,10-13,17-18,20-21,23-24,38,40,46,48,52-54,56-59,61-62,64-66H,3-4,6,8-9,14-16,19,22,25-37,39,41-45,47,49-51H2,1-2H3,(H,60,63)/b7-5-,12-10+,13-11-,18-17-,21-20-,24-23-,40-38+,48-46+. The molecule has 390 valence electrons.